The number of halogens is 3. The van der Waals surface area contributed by atoms with Crippen molar-refractivity contribution >= 4 is 0 Å². The summed E-state index contributed by atoms with van der Waals surface area (Å²) in [5.74, 6) is 0.507. The first kappa shape index (κ1) is 11.4. The summed E-state index contributed by atoms with van der Waals surface area (Å²) in [6.07, 6.45) is -3.24. The van der Waals surface area contributed by atoms with E-state index < -0.39 is 11.9 Å². The molecule has 3 nitrogen and oxygen atoms in total. The molecular weight excluding hydrogens is 219 g/mol. The molecule has 0 radical (unpaired) electrons. The summed E-state index contributed by atoms with van der Waals surface area (Å²) >= 11 is 0. The van der Waals surface area contributed by atoms with Crippen molar-refractivity contribution in [2.24, 2.45) is 0 Å². The van der Waals surface area contributed by atoms with Gasteiger partial charge in [-0.3, -0.25) is 4.90 Å². The molecule has 1 aromatic rings. The highest BCUT2D eigenvalue weighted by Gasteiger charge is 2.35. The molecule has 0 bridgehead atoms. The first-order valence-electron chi connectivity index (χ1n) is 5.25. The highest BCUT2D eigenvalue weighted by molar-refractivity contribution is 5.09. The third-order valence-electron chi connectivity index (χ3n) is 2.85. The molecule has 90 valence electrons. The molecule has 0 saturated heterocycles. The topological polar surface area (TPSA) is 21.1 Å². The van der Waals surface area contributed by atoms with Crippen molar-refractivity contribution in [3.63, 3.8) is 0 Å². The van der Waals surface area contributed by atoms with Gasteiger partial charge in [0.15, 0.2) is 5.69 Å². The van der Waals surface area contributed by atoms with Crippen molar-refractivity contribution in [3.05, 3.63) is 17.7 Å². The molecule has 1 aliphatic heterocycles. The lowest BCUT2D eigenvalue weighted by Crippen LogP contribution is -2.38. The molecular formula is C10H14F3N3. The van der Waals surface area contributed by atoms with E-state index in [0.717, 1.165) is 12.7 Å². The number of nitrogens with zero attached hydrogens (tertiary/aromatic N) is 3. The van der Waals surface area contributed by atoms with E-state index in [2.05, 4.69) is 9.88 Å². The van der Waals surface area contributed by atoms with Crippen LogP contribution in [0.15, 0.2) is 6.20 Å². The van der Waals surface area contributed by atoms with Crippen molar-refractivity contribution in [3.8, 4) is 0 Å². The Kier molecular flexibility index (Phi) is 2.69. The maximum atomic E-state index is 12.4. The Labute approximate surface area is 91.9 Å². The Morgan fingerprint density at radius 1 is 1.31 bits per heavy atom. The number of fused-ring (bicyclic) bond motifs is 1. The Morgan fingerprint density at radius 2 is 2.00 bits per heavy atom. The fraction of sp³-hybridized carbons (Fsp3) is 0.700. The molecule has 0 unspecified atom stereocenters. The monoisotopic (exact) mass is 233 g/mol. The van der Waals surface area contributed by atoms with E-state index in [1.54, 1.807) is 4.57 Å². The summed E-state index contributed by atoms with van der Waals surface area (Å²) in [6.45, 7) is 5.91. The van der Waals surface area contributed by atoms with Crippen LogP contribution in [0.1, 0.15) is 25.4 Å². The molecule has 0 spiro atoms. The van der Waals surface area contributed by atoms with Gasteiger partial charge in [0.25, 0.3) is 0 Å². The van der Waals surface area contributed by atoms with Gasteiger partial charge < -0.3 is 4.57 Å². The van der Waals surface area contributed by atoms with E-state index in [1.807, 2.05) is 13.8 Å². The third kappa shape index (κ3) is 2.07. The van der Waals surface area contributed by atoms with Crippen molar-refractivity contribution < 1.29 is 13.2 Å². The third-order valence-corrected chi connectivity index (χ3v) is 2.85. The number of aromatic nitrogens is 2. The number of hydrogen-bond acceptors (Lipinski definition) is 2. The molecule has 0 N–H and O–H groups in total. The Morgan fingerprint density at radius 3 is 2.56 bits per heavy atom. The maximum Gasteiger partial charge on any atom is 0.434 e. The van der Waals surface area contributed by atoms with Gasteiger partial charge in [0, 0.05) is 25.3 Å². The fourth-order valence-electron chi connectivity index (χ4n) is 1.85. The fourth-order valence-corrected chi connectivity index (χ4v) is 1.85. The molecule has 1 aliphatic rings. The van der Waals surface area contributed by atoms with E-state index in [9.17, 15) is 13.2 Å². The molecule has 0 saturated carbocycles. The Hall–Kier alpha value is -1.04. The van der Waals surface area contributed by atoms with Gasteiger partial charge in [-0.2, -0.15) is 13.2 Å². The molecule has 6 heteroatoms. The summed E-state index contributed by atoms with van der Waals surface area (Å²) in [5, 5.41) is 0. The SMILES string of the molecule is CC(C)N1CCn2cc(C(F)(F)F)nc2C1. The second-order valence-electron chi connectivity index (χ2n) is 4.30. The van der Waals surface area contributed by atoms with Gasteiger partial charge in [-0.05, 0) is 13.8 Å². The molecule has 2 rings (SSSR count). The molecule has 1 aromatic heterocycles. The van der Waals surface area contributed by atoms with E-state index in [-0.39, 0.29) is 0 Å². The molecule has 0 fully saturated rings. The van der Waals surface area contributed by atoms with Gasteiger partial charge in [-0.15, -0.1) is 0 Å². The minimum absolute atomic E-state index is 0.333. The first-order valence-corrected chi connectivity index (χ1v) is 5.25. The van der Waals surface area contributed by atoms with Crippen LogP contribution >= 0.6 is 0 Å². The summed E-state index contributed by atoms with van der Waals surface area (Å²) in [6, 6.07) is 0.333. The number of rotatable bonds is 1. The molecule has 2 heterocycles. The number of imidazole rings is 1. The maximum absolute atomic E-state index is 12.4. The lowest BCUT2D eigenvalue weighted by molar-refractivity contribution is -0.141. The zero-order chi connectivity index (χ0) is 11.9. The van der Waals surface area contributed by atoms with Gasteiger partial charge in [-0.25, -0.2) is 4.98 Å². The Bertz CT molecular complexity index is 381. The van der Waals surface area contributed by atoms with Crippen LogP contribution in [-0.2, 0) is 19.3 Å². The number of hydrogen-bond donors (Lipinski definition) is 0. The minimum atomic E-state index is -4.34. The zero-order valence-corrected chi connectivity index (χ0v) is 9.25. The highest BCUT2D eigenvalue weighted by atomic mass is 19.4. The van der Waals surface area contributed by atoms with Gasteiger partial charge >= 0.3 is 6.18 Å². The predicted octanol–water partition coefficient (Wildman–Crippen LogP) is 2.13. The van der Waals surface area contributed by atoms with Crippen LogP contribution in [0.3, 0.4) is 0 Å². The molecule has 0 aliphatic carbocycles. The van der Waals surface area contributed by atoms with Crippen LogP contribution in [0.5, 0.6) is 0 Å². The predicted molar refractivity (Wildman–Crippen MR) is 52.8 cm³/mol. The molecule has 16 heavy (non-hydrogen) atoms. The summed E-state index contributed by atoms with van der Waals surface area (Å²) in [7, 11) is 0. The lowest BCUT2D eigenvalue weighted by Gasteiger charge is -2.30. The van der Waals surface area contributed by atoms with Gasteiger partial charge in [0.1, 0.15) is 5.82 Å². The van der Waals surface area contributed by atoms with Crippen molar-refractivity contribution in [2.75, 3.05) is 6.54 Å². The standard InChI is InChI=1S/C10H14F3N3/c1-7(2)15-3-4-16-5-8(10(11,12)13)14-9(16)6-15/h5,7H,3-4,6H2,1-2H3. The lowest BCUT2D eigenvalue weighted by atomic mass is 10.2. The first-order chi connectivity index (χ1) is 7.38. The second-order valence-corrected chi connectivity index (χ2v) is 4.30. The smallest absolute Gasteiger partial charge is 0.332 e. The van der Waals surface area contributed by atoms with Crippen LogP contribution < -0.4 is 0 Å². The minimum Gasteiger partial charge on any atom is -0.332 e. The second kappa shape index (κ2) is 3.76. The van der Waals surface area contributed by atoms with E-state index in [1.165, 1.54) is 0 Å². The van der Waals surface area contributed by atoms with Crippen LogP contribution in [0.2, 0.25) is 0 Å². The summed E-state index contributed by atoms with van der Waals surface area (Å²) < 4.78 is 38.9. The largest absolute Gasteiger partial charge is 0.434 e. The van der Waals surface area contributed by atoms with Crippen LogP contribution in [-0.4, -0.2) is 27.0 Å². The van der Waals surface area contributed by atoms with E-state index >= 15 is 0 Å². The van der Waals surface area contributed by atoms with Crippen molar-refractivity contribution in [1.82, 2.24) is 14.5 Å². The van der Waals surface area contributed by atoms with E-state index in [4.69, 9.17) is 0 Å². The quantitative estimate of drug-likeness (QED) is 0.741. The average Bonchev–Trinajstić information content (AvgIpc) is 2.58. The zero-order valence-electron chi connectivity index (χ0n) is 9.25. The van der Waals surface area contributed by atoms with E-state index in [0.29, 0.717) is 25.0 Å². The molecule has 0 amide bonds. The van der Waals surface area contributed by atoms with Crippen molar-refractivity contribution in [1.29, 1.82) is 0 Å². The van der Waals surface area contributed by atoms with Crippen molar-refractivity contribution in [2.45, 2.75) is 39.2 Å². The van der Waals surface area contributed by atoms with Crippen LogP contribution in [0.4, 0.5) is 13.2 Å². The number of alkyl halides is 3. The Balaban J connectivity index is 2.23. The van der Waals surface area contributed by atoms with Gasteiger partial charge in [0.05, 0.1) is 6.54 Å². The average molecular weight is 233 g/mol. The summed E-state index contributed by atoms with van der Waals surface area (Å²) in [4.78, 5) is 5.76. The van der Waals surface area contributed by atoms with Crippen LogP contribution in [0, 0.1) is 0 Å². The normalized spacial score (nSPS) is 17.9. The molecule has 0 atom stereocenters. The van der Waals surface area contributed by atoms with Gasteiger partial charge in [-0.1, -0.05) is 0 Å². The highest BCUT2D eigenvalue weighted by Crippen LogP contribution is 2.29. The summed E-state index contributed by atoms with van der Waals surface area (Å²) in [5.41, 5.74) is -0.784. The van der Waals surface area contributed by atoms with Crippen LogP contribution in [0.25, 0.3) is 0 Å². The molecule has 0 aromatic carbocycles. The van der Waals surface area contributed by atoms with Gasteiger partial charge in [0.2, 0.25) is 0 Å².